The van der Waals surface area contributed by atoms with Gasteiger partial charge in [0.1, 0.15) is 0 Å². The highest BCUT2D eigenvalue weighted by atomic mass is 14.4. The van der Waals surface area contributed by atoms with Gasteiger partial charge in [-0.05, 0) is 44.4 Å². The zero-order valence-corrected chi connectivity index (χ0v) is 7.22. The molecule has 11 heavy (non-hydrogen) atoms. The number of hydrogen-bond acceptors (Lipinski definition) is 0. The van der Waals surface area contributed by atoms with Crippen LogP contribution in [0.5, 0.6) is 0 Å². The molecule has 2 aliphatic carbocycles. The predicted molar refractivity (Wildman–Crippen MR) is 48.3 cm³/mol. The lowest BCUT2D eigenvalue weighted by molar-refractivity contribution is 0.644. The third-order valence-electron chi connectivity index (χ3n) is 3.04. The third kappa shape index (κ3) is 1.26. The minimum atomic E-state index is 0.959. The first kappa shape index (κ1) is 7.15. The standard InChI is InChI=1S/C11H16/c1-2-3-4-10-7-9-5-6-11(10)8-9/h2-3,7,9,11H,4-6,8H2,1H3. The fourth-order valence-electron chi connectivity index (χ4n) is 2.43. The highest BCUT2D eigenvalue weighted by molar-refractivity contribution is 5.21. The van der Waals surface area contributed by atoms with E-state index in [0.29, 0.717) is 0 Å². The molecule has 0 aromatic rings. The molecule has 1 fully saturated rings. The second-order valence-electron chi connectivity index (χ2n) is 3.78. The van der Waals surface area contributed by atoms with Gasteiger partial charge in [-0.25, -0.2) is 0 Å². The van der Waals surface area contributed by atoms with Gasteiger partial charge in [0.15, 0.2) is 0 Å². The maximum atomic E-state index is 2.52. The maximum absolute atomic E-state index is 2.52. The molecule has 0 saturated heterocycles. The van der Waals surface area contributed by atoms with Crippen molar-refractivity contribution in [3.05, 3.63) is 23.8 Å². The zero-order chi connectivity index (χ0) is 7.68. The molecule has 0 N–H and O–H groups in total. The molecule has 0 amide bonds. The monoisotopic (exact) mass is 148 g/mol. The van der Waals surface area contributed by atoms with E-state index in [9.17, 15) is 0 Å². The smallest absolute Gasteiger partial charge is 0.0136 e. The summed E-state index contributed by atoms with van der Waals surface area (Å²) in [5.74, 6) is 1.93. The van der Waals surface area contributed by atoms with Crippen LogP contribution in [0.2, 0.25) is 0 Å². The van der Waals surface area contributed by atoms with Gasteiger partial charge in [0.2, 0.25) is 0 Å². The third-order valence-corrected chi connectivity index (χ3v) is 3.04. The summed E-state index contributed by atoms with van der Waals surface area (Å²) >= 11 is 0. The molecular weight excluding hydrogens is 132 g/mol. The second-order valence-corrected chi connectivity index (χ2v) is 3.78. The van der Waals surface area contributed by atoms with Crippen molar-refractivity contribution < 1.29 is 0 Å². The Labute approximate surface area is 69.0 Å². The van der Waals surface area contributed by atoms with Gasteiger partial charge >= 0.3 is 0 Å². The van der Waals surface area contributed by atoms with Crippen LogP contribution in [0.15, 0.2) is 23.8 Å². The normalized spacial score (nSPS) is 35.2. The first-order valence-corrected chi connectivity index (χ1v) is 4.72. The molecule has 2 rings (SSSR count). The molecule has 0 spiro atoms. The summed E-state index contributed by atoms with van der Waals surface area (Å²) in [7, 11) is 0. The van der Waals surface area contributed by atoms with E-state index in [2.05, 4.69) is 25.2 Å². The van der Waals surface area contributed by atoms with Crippen molar-refractivity contribution in [1.29, 1.82) is 0 Å². The summed E-state index contributed by atoms with van der Waals surface area (Å²) < 4.78 is 0. The Morgan fingerprint density at radius 1 is 1.55 bits per heavy atom. The Hall–Kier alpha value is -0.520. The summed E-state index contributed by atoms with van der Waals surface area (Å²) in [5.41, 5.74) is 1.72. The van der Waals surface area contributed by atoms with Gasteiger partial charge in [-0.3, -0.25) is 0 Å². The van der Waals surface area contributed by atoms with E-state index in [1.54, 1.807) is 5.57 Å². The van der Waals surface area contributed by atoms with Crippen LogP contribution in [0.3, 0.4) is 0 Å². The highest BCUT2D eigenvalue weighted by Crippen LogP contribution is 2.44. The summed E-state index contributed by atoms with van der Waals surface area (Å²) in [6, 6.07) is 0. The summed E-state index contributed by atoms with van der Waals surface area (Å²) in [4.78, 5) is 0. The number of hydrogen-bond donors (Lipinski definition) is 0. The van der Waals surface area contributed by atoms with Crippen LogP contribution in [0.4, 0.5) is 0 Å². The van der Waals surface area contributed by atoms with Crippen LogP contribution >= 0.6 is 0 Å². The molecule has 60 valence electrons. The van der Waals surface area contributed by atoms with Gasteiger partial charge in [0, 0.05) is 0 Å². The van der Waals surface area contributed by atoms with Crippen molar-refractivity contribution in [3.8, 4) is 0 Å². The number of fused-ring (bicyclic) bond motifs is 2. The van der Waals surface area contributed by atoms with Gasteiger partial charge < -0.3 is 0 Å². The number of allylic oxidation sites excluding steroid dienone is 4. The Morgan fingerprint density at radius 2 is 2.45 bits per heavy atom. The minimum Gasteiger partial charge on any atom is -0.0913 e. The average Bonchev–Trinajstić information content (AvgIpc) is 2.60. The molecule has 2 atom stereocenters. The molecule has 0 heterocycles. The lowest BCUT2D eigenvalue weighted by Gasteiger charge is -2.10. The molecule has 0 nitrogen and oxygen atoms in total. The van der Waals surface area contributed by atoms with Crippen LogP contribution < -0.4 is 0 Å². The molecule has 1 saturated carbocycles. The summed E-state index contributed by atoms with van der Waals surface area (Å²) in [6.07, 6.45) is 12.6. The molecule has 0 aromatic carbocycles. The molecule has 0 radical (unpaired) electrons. The minimum absolute atomic E-state index is 0.959. The lowest BCUT2D eigenvalue weighted by atomic mass is 9.96. The van der Waals surface area contributed by atoms with Crippen molar-refractivity contribution in [2.24, 2.45) is 11.8 Å². The van der Waals surface area contributed by atoms with Crippen LogP contribution in [-0.2, 0) is 0 Å². The van der Waals surface area contributed by atoms with Crippen LogP contribution in [-0.4, -0.2) is 0 Å². The van der Waals surface area contributed by atoms with Crippen molar-refractivity contribution in [3.63, 3.8) is 0 Å². The van der Waals surface area contributed by atoms with Crippen molar-refractivity contribution in [1.82, 2.24) is 0 Å². The van der Waals surface area contributed by atoms with Gasteiger partial charge in [-0.2, -0.15) is 0 Å². The topological polar surface area (TPSA) is 0 Å². The van der Waals surface area contributed by atoms with Gasteiger partial charge in [0.05, 0.1) is 0 Å². The van der Waals surface area contributed by atoms with Crippen molar-refractivity contribution in [2.45, 2.75) is 32.6 Å². The molecule has 2 bridgehead atoms. The van der Waals surface area contributed by atoms with Crippen LogP contribution in [0.25, 0.3) is 0 Å². The quantitative estimate of drug-likeness (QED) is 0.527. The molecule has 0 heteroatoms. The molecule has 0 aromatic heterocycles. The number of rotatable bonds is 2. The van der Waals surface area contributed by atoms with E-state index in [1.165, 1.54) is 25.7 Å². The van der Waals surface area contributed by atoms with E-state index in [0.717, 1.165) is 11.8 Å². The average molecular weight is 148 g/mol. The Balaban J connectivity index is 2.00. The van der Waals surface area contributed by atoms with E-state index in [4.69, 9.17) is 0 Å². The molecule has 2 unspecified atom stereocenters. The fraction of sp³-hybridized carbons (Fsp3) is 0.636. The molecular formula is C11H16. The second kappa shape index (κ2) is 2.84. The van der Waals surface area contributed by atoms with Crippen molar-refractivity contribution >= 4 is 0 Å². The summed E-state index contributed by atoms with van der Waals surface area (Å²) in [5, 5.41) is 0. The van der Waals surface area contributed by atoms with E-state index in [1.807, 2.05) is 0 Å². The van der Waals surface area contributed by atoms with Crippen LogP contribution in [0.1, 0.15) is 32.6 Å². The van der Waals surface area contributed by atoms with E-state index in [-0.39, 0.29) is 0 Å². The van der Waals surface area contributed by atoms with Crippen molar-refractivity contribution in [2.75, 3.05) is 0 Å². The Morgan fingerprint density at radius 3 is 3.00 bits per heavy atom. The van der Waals surface area contributed by atoms with Gasteiger partial charge in [0.25, 0.3) is 0 Å². The largest absolute Gasteiger partial charge is 0.0913 e. The van der Waals surface area contributed by atoms with Crippen LogP contribution in [0, 0.1) is 11.8 Å². The molecule has 2 aliphatic rings. The highest BCUT2D eigenvalue weighted by Gasteiger charge is 2.31. The van der Waals surface area contributed by atoms with Gasteiger partial charge in [-0.1, -0.05) is 23.8 Å². The lowest BCUT2D eigenvalue weighted by Crippen LogP contribution is -1.95. The zero-order valence-electron chi connectivity index (χ0n) is 7.22. The first-order chi connectivity index (χ1) is 5.40. The Kier molecular flexibility index (Phi) is 1.85. The van der Waals surface area contributed by atoms with Gasteiger partial charge in [-0.15, -0.1) is 0 Å². The Bertz CT molecular complexity index is 198. The first-order valence-electron chi connectivity index (χ1n) is 4.72. The van der Waals surface area contributed by atoms with E-state index >= 15 is 0 Å². The van der Waals surface area contributed by atoms with E-state index < -0.39 is 0 Å². The predicted octanol–water partition coefficient (Wildman–Crippen LogP) is 3.31. The fourth-order valence-corrected chi connectivity index (χ4v) is 2.43. The molecule has 0 aliphatic heterocycles. The SMILES string of the molecule is CC=CCC1=CC2CCC1C2. The summed E-state index contributed by atoms with van der Waals surface area (Å²) in [6.45, 7) is 2.10. The maximum Gasteiger partial charge on any atom is -0.0136 e.